The van der Waals surface area contributed by atoms with Crippen molar-refractivity contribution in [2.45, 2.75) is 64.2 Å². The molecular weight excluding hydrogens is 394 g/mol. The van der Waals surface area contributed by atoms with Crippen molar-refractivity contribution in [3.05, 3.63) is 53.2 Å². The fourth-order valence-corrected chi connectivity index (χ4v) is 6.10. The van der Waals surface area contributed by atoms with Gasteiger partial charge in [0, 0.05) is 32.4 Å². The Kier molecular flexibility index (Phi) is 6.88. The number of hydrogen-bond acceptors (Lipinski definition) is 4. The summed E-state index contributed by atoms with van der Waals surface area (Å²) in [6.45, 7) is 14.9. The average molecular weight is 430 g/mol. The summed E-state index contributed by atoms with van der Waals surface area (Å²) < 4.78 is 29.4. The summed E-state index contributed by atoms with van der Waals surface area (Å²) in [5, 5.41) is 0. The highest BCUT2D eigenvalue weighted by Gasteiger charge is 2.34. The fourth-order valence-electron chi connectivity index (χ4n) is 4.01. The number of pyridine rings is 1. The molecule has 1 aliphatic heterocycles. The average Bonchev–Trinajstić information content (AvgIpc) is 2.73. The standard InChI is InChI=1S/C24H35N3O2S/c1-17(2)20-15-21(18(3)4)24(22(16-20)19(5)6)30(28,29)27-13-11-26(12-14-27)23-9-7-8-10-25-23/h7-10,15-19H,11-14H2,1-6H3. The van der Waals surface area contributed by atoms with Gasteiger partial charge < -0.3 is 4.90 Å². The van der Waals surface area contributed by atoms with E-state index in [9.17, 15) is 8.42 Å². The minimum Gasteiger partial charge on any atom is -0.354 e. The molecule has 6 heteroatoms. The lowest BCUT2D eigenvalue weighted by molar-refractivity contribution is 0.382. The number of hydrogen-bond donors (Lipinski definition) is 0. The summed E-state index contributed by atoms with van der Waals surface area (Å²) in [7, 11) is -3.58. The molecule has 2 aromatic rings. The number of rotatable bonds is 6. The molecule has 0 bridgehead atoms. The lowest BCUT2D eigenvalue weighted by Crippen LogP contribution is -2.49. The molecule has 2 heterocycles. The van der Waals surface area contributed by atoms with Crippen LogP contribution in [0.25, 0.3) is 0 Å². The molecule has 1 fully saturated rings. The lowest BCUT2D eigenvalue weighted by Gasteiger charge is -2.36. The molecule has 0 atom stereocenters. The molecule has 0 unspecified atom stereocenters. The van der Waals surface area contributed by atoms with Crippen LogP contribution in [0.1, 0.15) is 76.0 Å². The molecule has 3 rings (SSSR count). The van der Waals surface area contributed by atoms with E-state index in [2.05, 4.69) is 63.6 Å². The van der Waals surface area contributed by atoms with E-state index in [0.29, 0.717) is 37.0 Å². The SMILES string of the molecule is CC(C)c1cc(C(C)C)c(S(=O)(=O)N2CCN(c3ccccn3)CC2)c(C(C)C)c1. The van der Waals surface area contributed by atoms with Crippen LogP contribution in [0, 0.1) is 0 Å². The Morgan fingerprint density at radius 1 is 0.833 bits per heavy atom. The second-order valence-corrected chi connectivity index (χ2v) is 10.9. The summed E-state index contributed by atoms with van der Waals surface area (Å²) in [4.78, 5) is 7.09. The van der Waals surface area contributed by atoms with Crippen LogP contribution in [0.5, 0.6) is 0 Å². The topological polar surface area (TPSA) is 53.5 Å². The van der Waals surface area contributed by atoms with Crippen LogP contribution in [0.2, 0.25) is 0 Å². The Morgan fingerprint density at radius 3 is 1.83 bits per heavy atom. The van der Waals surface area contributed by atoms with Gasteiger partial charge in [0.05, 0.1) is 4.90 Å². The first-order valence-corrected chi connectivity index (χ1v) is 12.4. The number of anilines is 1. The zero-order chi connectivity index (χ0) is 22.1. The van der Waals surface area contributed by atoms with Gasteiger partial charge in [-0.1, -0.05) is 59.7 Å². The predicted molar refractivity (Wildman–Crippen MR) is 124 cm³/mol. The number of benzene rings is 1. The van der Waals surface area contributed by atoms with Crippen molar-refractivity contribution in [2.24, 2.45) is 0 Å². The number of nitrogens with zero attached hydrogens (tertiary/aromatic N) is 3. The molecule has 0 radical (unpaired) electrons. The summed E-state index contributed by atoms with van der Waals surface area (Å²) >= 11 is 0. The Hall–Kier alpha value is -1.92. The van der Waals surface area contributed by atoms with E-state index in [-0.39, 0.29) is 11.8 Å². The van der Waals surface area contributed by atoms with Crippen LogP contribution in [0.4, 0.5) is 5.82 Å². The molecule has 1 saturated heterocycles. The summed E-state index contributed by atoms with van der Waals surface area (Å²) in [5.74, 6) is 1.54. The van der Waals surface area contributed by atoms with Crippen molar-refractivity contribution >= 4 is 15.8 Å². The molecule has 0 saturated carbocycles. The molecule has 164 valence electrons. The highest BCUT2D eigenvalue weighted by atomic mass is 32.2. The fraction of sp³-hybridized carbons (Fsp3) is 0.542. The smallest absolute Gasteiger partial charge is 0.243 e. The third-order valence-corrected chi connectivity index (χ3v) is 7.92. The molecule has 0 amide bonds. The van der Waals surface area contributed by atoms with E-state index in [4.69, 9.17) is 0 Å². The molecule has 30 heavy (non-hydrogen) atoms. The van der Waals surface area contributed by atoms with Crippen LogP contribution in [0.15, 0.2) is 41.4 Å². The van der Waals surface area contributed by atoms with Gasteiger partial charge in [0.2, 0.25) is 10.0 Å². The monoisotopic (exact) mass is 429 g/mol. The van der Waals surface area contributed by atoms with Crippen LogP contribution >= 0.6 is 0 Å². The minimum absolute atomic E-state index is 0.140. The Morgan fingerprint density at radius 2 is 1.40 bits per heavy atom. The van der Waals surface area contributed by atoms with E-state index in [1.54, 1.807) is 10.5 Å². The van der Waals surface area contributed by atoms with Gasteiger partial charge in [0.1, 0.15) is 5.82 Å². The second kappa shape index (κ2) is 9.06. The van der Waals surface area contributed by atoms with Gasteiger partial charge in [-0.25, -0.2) is 13.4 Å². The predicted octanol–water partition coefficient (Wildman–Crippen LogP) is 4.96. The van der Waals surface area contributed by atoms with Crippen molar-refractivity contribution in [1.29, 1.82) is 0 Å². The van der Waals surface area contributed by atoms with Crippen LogP contribution < -0.4 is 4.90 Å². The van der Waals surface area contributed by atoms with E-state index in [1.807, 2.05) is 18.2 Å². The summed E-state index contributed by atoms with van der Waals surface area (Å²) in [6.07, 6.45) is 1.78. The highest BCUT2D eigenvalue weighted by molar-refractivity contribution is 7.89. The quantitative estimate of drug-likeness (QED) is 0.651. The third-order valence-electron chi connectivity index (χ3n) is 5.89. The Balaban J connectivity index is 1.98. The lowest BCUT2D eigenvalue weighted by atomic mass is 9.89. The zero-order valence-corrected chi connectivity index (χ0v) is 19.9. The van der Waals surface area contributed by atoms with Crippen molar-refractivity contribution in [3.8, 4) is 0 Å². The van der Waals surface area contributed by atoms with Gasteiger partial charge >= 0.3 is 0 Å². The molecule has 1 aromatic carbocycles. The number of piperazine rings is 1. The molecule has 0 spiro atoms. The molecule has 1 aliphatic rings. The van der Waals surface area contributed by atoms with Crippen molar-refractivity contribution in [3.63, 3.8) is 0 Å². The second-order valence-electron chi connectivity index (χ2n) is 9.07. The number of aromatic nitrogens is 1. The van der Waals surface area contributed by atoms with E-state index < -0.39 is 10.0 Å². The Labute approximate surface area is 182 Å². The van der Waals surface area contributed by atoms with E-state index >= 15 is 0 Å². The van der Waals surface area contributed by atoms with Crippen molar-refractivity contribution in [1.82, 2.24) is 9.29 Å². The first-order chi connectivity index (χ1) is 14.1. The molecule has 0 aliphatic carbocycles. The van der Waals surface area contributed by atoms with Gasteiger partial charge in [-0.2, -0.15) is 4.31 Å². The maximum atomic E-state index is 13.9. The van der Waals surface area contributed by atoms with Crippen molar-refractivity contribution < 1.29 is 8.42 Å². The third kappa shape index (κ3) is 4.54. The normalized spacial score (nSPS) is 16.1. The van der Waals surface area contributed by atoms with Crippen molar-refractivity contribution in [2.75, 3.05) is 31.1 Å². The Bertz CT molecular complexity index is 932. The summed E-state index contributed by atoms with van der Waals surface area (Å²) in [5.41, 5.74) is 3.09. The largest absolute Gasteiger partial charge is 0.354 e. The molecule has 0 N–H and O–H groups in total. The molecule has 1 aromatic heterocycles. The van der Waals surface area contributed by atoms with Crippen LogP contribution in [-0.4, -0.2) is 43.9 Å². The number of sulfonamides is 1. The molecule has 5 nitrogen and oxygen atoms in total. The minimum atomic E-state index is -3.58. The van der Waals surface area contributed by atoms with E-state index in [0.717, 1.165) is 16.9 Å². The van der Waals surface area contributed by atoms with Gasteiger partial charge in [0.25, 0.3) is 0 Å². The van der Waals surface area contributed by atoms with Gasteiger partial charge in [-0.15, -0.1) is 0 Å². The first-order valence-electron chi connectivity index (χ1n) is 11.0. The van der Waals surface area contributed by atoms with Gasteiger partial charge in [0.15, 0.2) is 0 Å². The van der Waals surface area contributed by atoms with Gasteiger partial charge in [-0.3, -0.25) is 0 Å². The van der Waals surface area contributed by atoms with Crippen LogP contribution in [-0.2, 0) is 10.0 Å². The van der Waals surface area contributed by atoms with E-state index in [1.165, 1.54) is 5.56 Å². The van der Waals surface area contributed by atoms with Crippen LogP contribution in [0.3, 0.4) is 0 Å². The maximum absolute atomic E-state index is 13.9. The maximum Gasteiger partial charge on any atom is 0.243 e. The molecular formula is C24H35N3O2S. The first kappa shape index (κ1) is 22.8. The highest BCUT2D eigenvalue weighted by Crippen LogP contribution is 2.37. The van der Waals surface area contributed by atoms with Gasteiger partial charge in [-0.05, 0) is 46.6 Å². The zero-order valence-electron chi connectivity index (χ0n) is 19.1. The summed E-state index contributed by atoms with van der Waals surface area (Å²) in [6, 6.07) is 10.1.